The zero-order valence-electron chi connectivity index (χ0n) is 12.5. The van der Waals surface area contributed by atoms with Crippen molar-refractivity contribution in [3.63, 3.8) is 0 Å². The molecule has 0 spiro atoms. The molecule has 4 nitrogen and oxygen atoms in total. The number of hydrogen-bond acceptors (Lipinski definition) is 4. The zero-order chi connectivity index (χ0) is 15.6. The van der Waals surface area contributed by atoms with E-state index in [0.717, 1.165) is 24.0 Å². The molecule has 1 saturated carbocycles. The lowest BCUT2D eigenvalue weighted by molar-refractivity contribution is 0.273. The summed E-state index contributed by atoms with van der Waals surface area (Å²) in [5.74, 6) is 5.49. The van der Waals surface area contributed by atoms with Crippen LogP contribution in [0.3, 0.4) is 0 Å². The van der Waals surface area contributed by atoms with Crippen LogP contribution in [0.1, 0.15) is 42.9 Å². The number of benzene rings is 1. The van der Waals surface area contributed by atoms with Gasteiger partial charge >= 0.3 is 0 Å². The quantitative estimate of drug-likeness (QED) is 0.660. The van der Waals surface area contributed by atoms with Crippen LogP contribution in [0.5, 0.6) is 0 Å². The van der Waals surface area contributed by atoms with Crippen LogP contribution in [0, 0.1) is 18.7 Å². The highest BCUT2D eigenvalue weighted by Crippen LogP contribution is 2.37. The number of hydrazine groups is 1. The summed E-state index contributed by atoms with van der Waals surface area (Å²) in [6, 6.07) is 4.42. The van der Waals surface area contributed by atoms with Crippen molar-refractivity contribution in [3.05, 3.63) is 35.1 Å². The van der Waals surface area contributed by atoms with E-state index >= 15 is 0 Å². The number of sulfone groups is 1. The lowest BCUT2D eigenvalue weighted by Gasteiger charge is -2.34. The van der Waals surface area contributed by atoms with E-state index in [-0.39, 0.29) is 23.0 Å². The maximum absolute atomic E-state index is 13.5. The van der Waals surface area contributed by atoms with Gasteiger partial charge in [-0.2, -0.15) is 0 Å². The summed E-state index contributed by atoms with van der Waals surface area (Å²) >= 11 is 0. The number of aryl methyl sites for hydroxylation is 1. The van der Waals surface area contributed by atoms with Gasteiger partial charge in [-0.25, -0.2) is 12.8 Å². The Labute approximate surface area is 125 Å². The van der Waals surface area contributed by atoms with Crippen molar-refractivity contribution in [2.45, 2.75) is 43.9 Å². The van der Waals surface area contributed by atoms with Crippen molar-refractivity contribution in [3.8, 4) is 0 Å². The van der Waals surface area contributed by atoms with Gasteiger partial charge in [-0.1, -0.05) is 12.5 Å². The van der Waals surface area contributed by atoms with Crippen molar-refractivity contribution < 1.29 is 12.8 Å². The summed E-state index contributed by atoms with van der Waals surface area (Å²) in [7, 11) is -3.04. The van der Waals surface area contributed by atoms with Crippen LogP contribution in [0.2, 0.25) is 0 Å². The van der Waals surface area contributed by atoms with Crippen molar-refractivity contribution >= 4 is 9.84 Å². The van der Waals surface area contributed by atoms with Crippen LogP contribution in [-0.2, 0) is 9.84 Å². The first-order valence-electron chi connectivity index (χ1n) is 7.24. The molecule has 0 heterocycles. The molecule has 0 saturated heterocycles. The van der Waals surface area contributed by atoms with Gasteiger partial charge in [-0.15, -0.1) is 0 Å². The van der Waals surface area contributed by atoms with E-state index in [2.05, 4.69) is 5.43 Å². The molecule has 1 aliphatic rings. The molecule has 0 radical (unpaired) electrons. The van der Waals surface area contributed by atoms with Gasteiger partial charge in [0.05, 0.1) is 5.25 Å². The molecule has 118 valence electrons. The third-order valence-corrected chi connectivity index (χ3v) is 6.14. The molecule has 21 heavy (non-hydrogen) atoms. The predicted octanol–water partition coefficient (Wildman–Crippen LogP) is 2.24. The summed E-state index contributed by atoms with van der Waals surface area (Å²) in [5, 5.41) is -0.319. The van der Waals surface area contributed by atoms with Gasteiger partial charge in [0.2, 0.25) is 0 Å². The lowest BCUT2D eigenvalue weighted by atomic mass is 9.80. The maximum Gasteiger partial charge on any atom is 0.150 e. The minimum atomic E-state index is -3.04. The average Bonchev–Trinajstić information content (AvgIpc) is 2.43. The Kier molecular flexibility index (Phi) is 5.01. The minimum Gasteiger partial charge on any atom is -0.271 e. The molecule has 0 aliphatic heterocycles. The van der Waals surface area contributed by atoms with Crippen LogP contribution in [0.25, 0.3) is 0 Å². The Hall–Kier alpha value is -0.980. The van der Waals surface area contributed by atoms with Crippen molar-refractivity contribution in [2.75, 3.05) is 6.26 Å². The second-order valence-corrected chi connectivity index (χ2v) is 8.35. The van der Waals surface area contributed by atoms with Gasteiger partial charge in [0.15, 0.2) is 0 Å². The standard InChI is InChI=1S/C15H23FN2O2S/c1-10-6-7-12(16)9-14(10)15(18-17)11-4-3-5-13(8-11)21(2,19)20/h6-7,9,11,13,15,18H,3-5,8,17H2,1-2H3. The number of nitrogens with two attached hydrogens (primary N) is 1. The van der Waals surface area contributed by atoms with E-state index in [1.54, 1.807) is 6.07 Å². The maximum atomic E-state index is 13.5. The number of hydrogen-bond donors (Lipinski definition) is 2. The molecule has 0 aromatic heterocycles. The molecule has 1 aromatic carbocycles. The van der Waals surface area contributed by atoms with E-state index in [0.29, 0.717) is 12.8 Å². The normalized spacial score (nSPS) is 24.8. The molecule has 2 rings (SSSR count). The van der Waals surface area contributed by atoms with Gasteiger partial charge in [0.25, 0.3) is 0 Å². The molecule has 0 amide bonds. The number of halogens is 1. The Morgan fingerprint density at radius 1 is 1.38 bits per heavy atom. The minimum absolute atomic E-state index is 0.101. The molecular formula is C15H23FN2O2S. The second kappa shape index (κ2) is 6.42. The second-order valence-electron chi connectivity index (χ2n) is 6.02. The molecule has 3 N–H and O–H groups in total. The van der Waals surface area contributed by atoms with Crippen LogP contribution in [-0.4, -0.2) is 19.9 Å². The number of nitrogens with one attached hydrogen (secondary N) is 1. The van der Waals surface area contributed by atoms with E-state index in [1.165, 1.54) is 18.4 Å². The molecule has 1 aromatic rings. The topological polar surface area (TPSA) is 72.2 Å². The van der Waals surface area contributed by atoms with Crippen LogP contribution in [0.4, 0.5) is 4.39 Å². The van der Waals surface area contributed by atoms with E-state index in [9.17, 15) is 12.8 Å². The van der Waals surface area contributed by atoms with E-state index < -0.39 is 9.84 Å². The SMILES string of the molecule is Cc1ccc(F)cc1C(NN)C1CCCC(S(C)(=O)=O)C1. The molecular weight excluding hydrogens is 291 g/mol. The first kappa shape index (κ1) is 16.4. The van der Waals surface area contributed by atoms with Crippen LogP contribution < -0.4 is 11.3 Å². The molecule has 0 bridgehead atoms. The van der Waals surface area contributed by atoms with Gasteiger partial charge in [0.1, 0.15) is 15.7 Å². The van der Waals surface area contributed by atoms with Crippen LogP contribution in [0.15, 0.2) is 18.2 Å². The van der Waals surface area contributed by atoms with Crippen LogP contribution >= 0.6 is 0 Å². The highest BCUT2D eigenvalue weighted by Gasteiger charge is 2.33. The Balaban J connectivity index is 2.27. The monoisotopic (exact) mass is 314 g/mol. The molecule has 1 fully saturated rings. The van der Waals surface area contributed by atoms with E-state index in [4.69, 9.17) is 5.84 Å². The van der Waals surface area contributed by atoms with E-state index in [1.807, 2.05) is 6.92 Å². The highest BCUT2D eigenvalue weighted by molar-refractivity contribution is 7.91. The lowest BCUT2D eigenvalue weighted by Crippen LogP contribution is -2.38. The van der Waals surface area contributed by atoms with Gasteiger partial charge in [0, 0.05) is 12.3 Å². The Morgan fingerprint density at radius 2 is 2.10 bits per heavy atom. The zero-order valence-corrected chi connectivity index (χ0v) is 13.3. The van der Waals surface area contributed by atoms with Gasteiger partial charge < -0.3 is 0 Å². The molecule has 6 heteroatoms. The highest BCUT2D eigenvalue weighted by atomic mass is 32.2. The fraction of sp³-hybridized carbons (Fsp3) is 0.600. The van der Waals surface area contributed by atoms with Crippen molar-refractivity contribution in [1.82, 2.24) is 5.43 Å². The first-order chi connectivity index (χ1) is 9.82. The fourth-order valence-electron chi connectivity index (χ4n) is 3.30. The summed E-state index contributed by atoms with van der Waals surface area (Å²) in [4.78, 5) is 0. The summed E-state index contributed by atoms with van der Waals surface area (Å²) in [6.07, 6.45) is 4.32. The summed E-state index contributed by atoms with van der Waals surface area (Å²) < 4.78 is 37.1. The first-order valence-corrected chi connectivity index (χ1v) is 9.19. The summed E-state index contributed by atoms with van der Waals surface area (Å²) in [6.45, 7) is 1.91. The van der Waals surface area contributed by atoms with Gasteiger partial charge in [-0.05, 0) is 55.4 Å². The molecule has 1 aliphatic carbocycles. The predicted molar refractivity (Wildman–Crippen MR) is 81.8 cm³/mol. The number of rotatable bonds is 4. The average molecular weight is 314 g/mol. The van der Waals surface area contributed by atoms with Gasteiger partial charge in [-0.3, -0.25) is 11.3 Å². The third kappa shape index (κ3) is 3.81. The largest absolute Gasteiger partial charge is 0.271 e. The Bertz CT molecular complexity index is 604. The van der Waals surface area contributed by atoms with Crippen molar-refractivity contribution in [1.29, 1.82) is 0 Å². The summed E-state index contributed by atoms with van der Waals surface area (Å²) in [5.41, 5.74) is 4.54. The molecule has 3 atom stereocenters. The smallest absolute Gasteiger partial charge is 0.150 e. The van der Waals surface area contributed by atoms with Crippen molar-refractivity contribution in [2.24, 2.45) is 11.8 Å². The Morgan fingerprint density at radius 3 is 2.71 bits per heavy atom. The fourth-order valence-corrected chi connectivity index (χ4v) is 4.49. The third-order valence-electron chi connectivity index (χ3n) is 4.50. The molecule has 3 unspecified atom stereocenters.